The van der Waals surface area contributed by atoms with Gasteiger partial charge in [0.05, 0.1) is 11.1 Å². The van der Waals surface area contributed by atoms with Gasteiger partial charge in [-0.15, -0.1) is 0 Å². The summed E-state index contributed by atoms with van der Waals surface area (Å²) in [6.45, 7) is 1.11. The standard InChI is InChI=1S/C10H8N2O4/c1-5(13)16-12-9(14)7-3-2-6(11)4-8(7)10(12)15/h2-4H,11H2,1H3. The van der Waals surface area contributed by atoms with Gasteiger partial charge in [-0.05, 0) is 18.2 Å². The van der Waals surface area contributed by atoms with Crippen molar-refractivity contribution in [3.8, 4) is 0 Å². The van der Waals surface area contributed by atoms with Crippen LogP contribution in [0.2, 0.25) is 0 Å². The van der Waals surface area contributed by atoms with Gasteiger partial charge >= 0.3 is 5.97 Å². The summed E-state index contributed by atoms with van der Waals surface area (Å²) in [6, 6.07) is 4.30. The van der Waals surface area contributed by atoms with E-state index in [-0.39, 0.29) is 11.1 Å². The minimum atomic E-state index is -0.734. The third-order valence-electron chi connectivity index (χ3n) is 2.09. The zero-order chi connectivity index (χ0) is 11.9. The molecular formula is C10H8N2O4. The SMILES string of the molecule is CC(=O)ON1C(=O)c2ccc(N)cc2C1=O. The molecule has 0 saturated carbocycles. The van der Waals surface area contributed by atoms with Gasteiger partial charge in [0.15, 0.2) is 0 Å². The van der Waals surface area contributed by atoms with Gasteiger partial charge in [-0.25, -0.2) is 4.79 Å². The zero-order valence-corrected chi connectivity index (χ0v) is 8.39. The maximum atomic E-state index is 11.7. The molecule has 16 heavy (non-hydrogen) atoms. The number of anilines is 1. The number of carbonyl (C=O) groups excluding carboxylic acids is 3. The normalized spacial score (nSPS) is 13.9. The maximum absolute atomic E-state index is 11.7. The fourth-order valence-electron chi connectivity index (χ4n) is 1.45. The Labute approximate surface area is 90.5 Å². The summed E-state index contributed by atoms with van der Waals surface area (Å²) in [5.74, 6) is -2.07. The lowest BCUT2D eigenvalue weighted by Crippen LogP contribution is -2.31. The first kappa shape index (κ1) is 10.2. The molecule has 0 atom stereocenters. The third kappa shape index (κ3) is 1.40. The van der Waals surface area contributed by atoms with Crippen molar-refractivity contribution >= 4 is 23.5 Å². The summed E-state index contributed by atoms with van der Waals surface area (Å²) in [5, 5.41) is 0.437. The Balaban J connectivity index is 2.44. The first-order valence-electron chi connectivity index (χ1n) is 4.47. The lowest BCUT2D eigenvalue weighted by atomic mass is 10.1. The molecular weight excluding hydrogens is 212 g/mol. The van der Waals surface area contributed by atoms with Crippen LogP contribution in [0.15, 0.2) is 18.2 Å². The van der Waals surface area contributed by atoms with E-state index in [0.717, 1.165) is 6.92 Å². The summed E-state index contributed by atoms with van der Waals surface area (Å²) >= 11 is 0. The van der Waals surface area contributed by atoms with E-state index >= 15 is 0 Å². The molecule has 6 nitrogen and oxygen atoms in total. The molecule has 2 amide bonds. The van der Waals surface area contributed by atoms with Crippen LogP contribution in [-0.4, -0.2) is 22.8 Å². The van der Waals surface area contributed by atoms with Gasteiger partial charge < -0.3 is 10.6 Å². The molecule has 0 aliphatic carbocycles. The number of nitrogen functional groups attached to an aromatic ring is 1. The van der Waals surface area contributed by atoms with Gasteiger partial charge in [0.1, 0.15) is 0 Å². The number of carbonyl (C=O) groups is 3. The minimum Gasteiger partial charge on any atom is -0.399 e. The van der Waals surface area contributed by atoms with Crippen molar-refractivity contribution in [1.29, 1.82) is 0 Å². The number of amides is 2. The highest BCUT2D eigenvalue weighted by molar-refractivity contribution is 6.21. The summed E-state index contributed by atoms with van der Waals surface area (Å²) in [7, 11) is 0. The Morgan fingerprint density at radius 2 is 1.88 bits per heavy atom. The summed E-state index contributed by atoms with van der Waals surface area (Å²) < 4.78 is 0. The Morgan fingerprint density at radius 1 is 1.25 bits per heavy atom. The fourth-order valence-corrected chi connectivity index (χ4v) is 1.45. The number of fused-ring (bicyclic) bond motifs is 1. The number of rotatable bonds is 1. The summed E-state index contributed by atoms with van der Waals surface area (Å²) in [6.07, 6.45) is 0. The molecule has 82 valence electrons. The van der Waals surface area contributed by atoms with Crippen LogP contribution < -0.4 is 5.73 Å². The van der Waals surface area contributed by atoms with Crippen LogP contribution in [0.4, 0.5) is 5.69 Å². The fraction of sp³-hybridized carbons (Fsp3) is 0.100. The number of imide groups is 1. The summed E-state index contributed by atoms with van der Waals surface area (Å²) in [4.78, 5) is 38.5. The number of hydrogen-bond acceptors (Lipinski definition) is 5. The largest absolute Gasteiger partial charge is 0.399 e. The van der Waals surface area contributed by atoms with E-state index in [1.165, 1.54) is 18.2 Å². The van der Waals surface area contributed by atoms with E-state index in [0.29, 0.717) is 10.8 Å². The van der Waals surface area contributed by atoms with Crippen molar-refractivity contribution in [2.45, 2.75) is 6.92 Å². The number of hydroxylamine groups is 2. The van der Waals surface area contributed by atoms with Crippen molar-refractivity contribution < 1.29 is 19.2 Å². The highest BCUT2D eigenvalue weighted by Gasteiger charge is 2.38. The zero-order valence-electron chi connectivity index (χ0n) is 8.39. The van der Waals surface area contributed by atoms with Crippen molar-refractivity contribution in [3.63, 3.8) is 0 Å². The molecule has 1 heterocycles. The molecule has 1 aliphatic heterocycles. The molecule has 0 spiro atoms. The van der Waals surface area contributed by atoms with Crippen LogP contribution in [0, 0.1) is 0 Å². The van der Waals surface area contributed by atoms with Gasteiger partial charge in [-0.1, -0.05) is 5.06 Å². The predicted molar refractivity (Wildman–Crippen MR) is 53.1 cm³/mol. The molecule has 1 aromatic rings. The first-order valence-corrected chi connectivity index (χ1v) is 4.47. The molecule has 0 unspecified atom stereocenters. The molecule has 1 aliphatic rings. The van der Waals surface area contributed by atoms with Crippen molar-refractivity contribution in [2.24, 2.45) is 0 Å². The summed E-state index contributed by atoms with van der Waals surface area (Å²) in [5.41, 5.74) is 6.19. The van der Waals surface area contributed by atoms with E-state index in [2.05, 4.69) is 4.84 Å². The number of nitrogens with two attached hydrogens (primary N) is 1. The van der Waals surface area contributed by atoms with Crippen molar-refractivity contribution in [2.75, 3.05) is 5.73 Å². The molecule has 0 fully saturated rings. The highest BCUT2D eigenvalue weighted by Crippen LogP contribution is 2.24. The van der Waals surface area contributed by atoms with Gasteiger partial charge in [0, 0.05) is 12.6 Å². The lowest BCUT2D eigenvalue weighted by molar-refractivity contribution is -0.165. The van der Waals surface area contributed by atoms with Gasteiger partial charge in [-0.2, -0.15) is 0 Å². The van der Waals surface area contributed by atoms with Gasteiger partial charge in [0.25, 0.3) is 11.8 Å². The predicted octanol–water partition coefficient (Wildman–Crippen LogP) is 0.343. The van der Waals surface area contributed by atoms with Crippen LogP contribution in [0.5, 0.6) is 0 Å². The van der Waals surface area contributed by atoms with E-state index in [1.807, 2.05) is 0 Å². The van der Waals surface area contributed by atoms with Crippen LogP contribution in [0.1, 0.15) is 27.6 Å². The van der Waals surface area contributed by atoms with Crippen LogP contribution in [0.25, 0.3) is 0 Å². The molecule has 6 heteroatoms. The molecule has 0 radical (unpaired) electrons. The Hall–Kier alpha value is -2.37. The first-order chi connectivity index (χ1) is 7.50. The number of benzene rings is 1. The average molecular weight is 220 g/mol. The second-order valence-electron chi connectivity index (χ2n) is 3.29. The molecule has 1 aromatic carbocycles. The van der Waals surface area contributed by atoms with E-state index < -0.39 is 17.8 Å². The Morgan fingerprint density at radius 3 is 2.50 bits per heavy atom. The second kappa shape index (κ2) is 3.34. The Bertz CT molecular complexity index is 510. The van der Waals surface area contributed by atoms with Crippen molar-refractivity contribution in [1.82, 2.24) is 5.06 Å². The van der Waals surface area contributed by atoms with E-state index in [9.17, 15) is 14.4 Å². The topological polar surface area (TPSA) is 89.7 Å². The van der Waals surface area contributed by atoms with Crippen LogP contribution in [0.3, 0.4) is 0 Å². The molecule has 0 aromatic heterocycles. The smallest absolute Gasteiger partial charge is 0.330 e. The maximum Gasteiger partial charge on any atom is 0.330 e. The van der Waals surface area contributed by atoms with Crippen molar-refractivity contribution in [3.05, 3.63) is 29.3 Å². The molecule has 0 saturated heterocycles. The lowest BCUT2D eigenvalue weighted by Gasteiger charge is -2.10. The average Bonchev–Trinajstić information content (AvgIpc) is 2.43. The third-order valence-corrected chi connectivity index (χ3v) is 2.09. The molecule has 2 N–H and O–H groups in total. The van der Waals surface area contributed by atoms with Crippen LogP contribution >= 0.6 is 0 Å². The van der Waals surface area contributed by atoms with Crippen LogP contribution in [-0.2, 0) is 9.63 Å². The minimum absolute atomic E-state index is 0.145. The van der Waals surface area contributed by atoms with E-state index in [1.54, 1.807) is 0 Å². The molecule has 2 rings (SSSR count). The highest BCUT2D eigenvalue weighted by atomic mass is 16.7. The van der Waals surface area contributed by atoms with Gasteiger partial charge in [0.2, 0.25) is 0 Å². The van der Waals surface area contributed by atoms with E-state index in [4.69, 9.17) is 5.73 Å². The molecule has 0 bridgehead atoms. The van der Waals surface area contributed by atoms with Gasteiger partial charge in [-0.3, -0.25) is 9.59 Å². The quantitative estimate of drug-likeness (QED) is 0.544. The number of nitrogens with zero attached hydrogens (tertiary/aromatic N) is 1. The Kier molecular flexibility index (Phi) is 2.12. The number of hydrogen-bond donors (Lipinski definition) is 1. The monoisotopic (exact) mass is 220 g/mol. The second-order valence-corrected chi connectivity index (χ2v) is 3.29.